The summed E-state index contributed by atoms with van der Waals surface area (Å²) in [6.45, 7) is 5.29. The van der Waals surface area contributed by atoms with Crippen molar-refractivity contribution in [2.75, 3.05) is 28.2 Å². The monoisotopic (exact) mass is 242 g/mol. The summed E-state index contributed by atoms with van der Waals surface area (Å²) >= 11 is 0. The molecule has 0 radical (unpaired) electrons. The van der Waals surface area contributed by atoms with Crippen LogP contribution in [0.5, 0.6) is 0 Å². The minimum atomic E-state index is -0.618. The summed E-state index contributed by atoms with van der Waals surface area (Å²) in [6, 6.07) is 0. The van der Waals surface area contributed by atoms with E-state index in [4.69, 9.17) is 10.3 Å². The molecule has 0 unspecified atom stereocenters. The Morgan fingerprint density at radius 2 is 1.59 bits per heavy atom. The first-order valence-electron chi connectivity index (χ1n) is 5.38. The van der Waals surface area contributed by atoms with E-state index in [-0.39, 0.29) is 5.71 Å². The van der Waals surface area contributed by atoms with E-state index in [1.807, 2.05) is 0 Å². The number of carbonyl (C=O) groups is 1. The molecule has 0 atom stereocenters. The maximum Gasteiger partial charge on any atom is 0.420 e. The molecule has 0 heterocycles. The number of ether oxygens (including phenoxy) is 1. The fraction of sp³-hybridized carbons (Fsp3) is 0.818. The third-order valence-electron chi connectivity index (χ3n) is 1.94. The molecular weight excluding hydrogens is 220 g/mol. The summed E-state index contributed by atoms with van der Waals surface area (Å²) < 4.78 is 5.19. The van der Waals surface area contributed by atoms with Gasteiger partial charge in [0.1, 0.15) is 5.60 Å². The molecule has 98 valence electrons. The van der Waals surface area contributed by atoms with Gasteiger partial charge in [0, 0.05) is 0 Å². The zero-order chi connectivity index (χ0) is 13.8. The average molecular weight is 242 g/mol. The van der Waals surface area contributed by atoms with Gasteiger partial charge in [0.25, 0.3) is 0 Å². The smallest absolute Gasteiger partial charge is 0.420 e. The van der Waals surface area contributed by atoms with Crippen LogP contribution in [0.2, 0.25) is 0 Å². The van der Waals surface area contributed by atoms with Crippen LogP contribution in [-0.2, 0) is 9.53 Å². The van der Waals surface area contributed by atoms with Crippen LogP contribution >= 0.6 is 0 Å². The van der Waals surface area contributed by atoms with Gasteiger partial charge in [-0.1, -0.05) is 0 Å². The van der Waals surface area contributed by atoms with Crippen LogP contribution in [0.15, 0.2) is 0 Å². The van der Waals surface area contributed by atoms with Crippen LogP contribution in [0.3, 0.4) is 0 Å². The lowest BCUT2D eigenvalue weighted by Gasteiger charge is -2.27. The standard InChI is InChI=1S/C11H22N4O2/c1-11(2,3)17-10(16)8(13-12)9(14(4)5)15(6)7/h9H,1-7H3. The van der Waals surface area contributed by atoms with Crippen LogP contribution < -0.4 is 0 Å². The molecule has 0 N–H and O–H groups in total. The van der Waals surface area contributed by atoms with Crippen LogP contribution in [0.1, 0.15) is 20.8 Å². The van der Waals surface area contributed by atoms with E-state index in [1.165, 1.54) is 0 Å². The average Bonchev–Trinajstić information content (AvgIpc) is 2.08. The predicted molar refractivity (Wildman–Crippen MR) is 65.6 cm³/mol. The Labute approximate surface area is 103 Å². The highest BCUT2D eigenvalue weighted by atomic mass is 16.6. The Morgan fingerprint density at radius 3 is 1.82 bits per heavy atom. The highest BCUT2D eigenvalue weighted by Gasteiger charge is 2.38. The van der Waals surface area contributed by atoms with Crippen molar-refractivity contribution < 1.29 is 14.3 Å². The molecule has 0 amide bonds. The van der Waals surface area contributed by atoms with Crippen molar-refractivity contribution in [2.45, 2.75) is 32.5 Å². The fourth-order valence-corrected chi connectivity index (χ4v) is 1.48. The van der Waals surface area contributed by atoms with E-state index in [1.54, 1.807) is 58.8 Å². The lowest BCUT2D eigenvalue weighted by molar-refractivity contribution is -0.152. The van der Waals surface area contributed by atoms with E-state index in [0.717, 1.165) is 0 Å². The number of hydrogen-bond donors (Lipinski definition) is 0. The van der Waals surface area contributed by atoms with Gasteiger partial charge in [0.2, 0.25) is 0 Å². The molecule has 0 aliphatic rings. The quantitative estimate of drug-likeness (QED) is 0.236. The molecule has 0 aromatic heterocycles. The fourth-order valence-electron chi connectivity index (χ4n) is 1.48. The van der Waals surface area contributed by atoms with Crippen LogP contribution in [0.4, 0.5) is 0 Å². The minimum absolute atomic E-state index is 0.0325. The van der Waals surface area contributed by atoms with Crippen molar-refractivity contribution in [1.29, 1.82) is 0 Å². The molecule has 0 saturated carbocycles. The van der Waals surface area contributed by atoms with E-state index >= 15 is 0 Å². The zero-order valence-electron chi connectivity index (χ0n) is 11.7. The molecule has 0 saturated heterocycles. The van der Waals surface area contributed by atoms with E-state index in [9.17, 15) is 4.79 Å². The molecule has 6 nitrogen and oxygen atoms in total. The van der Waals surface area contributed by atoms with E-state index in [2.05, 4.69) is 4.79 Å². The third-order valence-corrected chi connectivity index (χ3v) is 1.94. The second kappa shape index (κ2) is 5.91. The molecule has 17 heavy (non-hydrogen) atoms. The van der Waals surface area contributed by atoms with Crippen LogP contribution in [0, 0.1) is 0 Å². The lowest BCUT2D eigenvalue weighted by Crippen LogP contribution is -2.51. The Morgan fingerprint density at radius 1 is 1.18 bits per heavy atom. The summed E-state index contributed by atoms with van der Waals surface area (Å²) in [4.78, 5) is 18.5. The Balaban J connectivity index is 5.08. The van der Waals surface area contributed by atoms with Gasteiger partial charge in [-0.05, 0) is 49.0 Å². The molecule has 0 rings (SSSR count). The predicted octanol–water partition coefficient (Wildman–Crippen LogP) is 0.448. The van der Waals surface area contributed by atoms with Crippen LogP contribution in [0.25, 0.3) is 5.53 Å². The van der Waals surface area contributed by atoms with Crippen molar-refractivity contribution in [2.24, 2.45) is 0 Å². The first-order valence-corrected chi connectivity index (χ1v) is 5.38. The minimum Gasteiger partial charge on any atom is -0.451 e. The SMILES string of the molecule is CN(C)C(C(=[N+]=[N-])C(=O)OC(C)(C)C)N(C)C. The topological polar surface area (TPSA) is 69.2 Å². The van der Waals surface area contributed by atoms with Gasteiger partial charge >= 0.3 is 11.7 Å². The highest BCUT2D eigenvalue weighted by molar-refractivity contribution is 6.35. The molecule has 0 fully saturated rings. The third kappa shape index (κ3) is 5.08. The van der Waals surface area contributed by atoms with Gasteiger partial charge in [-0.25, -0.2) is 4.79 Å². The normalized spacial score (nSPS) is 11.9. The Bertz CT molecular complexity index is 317. The number of nitrogens with zero attached hydrogens (tertiary/aromatic N) is 4. The zero-order valence-corrected chi connectivity index (χ0v) is 11.7. The van der Waals surface area contributed by atoms with Gasteiger partial charge in [0.15, 0.2) is 6.17 Å². The number of esters is 1. The van der Waals surface area contributed by atoms with Crippen molar-refractivity contribution in [3.63, 3.8) is 0 Å². The van der Waals surface area contributed by atoms with E-state index < -0.39 is 17.7 Å². The van der Waals surface area contributed by atoms with Crippen molar-refractivity contribution in [1.82, 2.24) is 9.80 Å². The molecule has 0 aromatic carbocycles. The maximum absolute atomic E-state index is 11.9. The molecule has 0 aliphatic heterocycles. The van der Waals surface area contributed by atoms with Gasteiger partial charge in [-0.15, -0.1) is 0 Å². The van der Waals surface area contributed by atoms with Crippen LogP contribution in [-0.4, -0.2) is 66.2 Å². The van der Waals surface area contributed by atoms with Gasteiger partial charge in [-0.3, -0.25) is 9.80 Å². The molecule has 6 heteroatoms. The summed E-state index contributed by atoms with van der Waals surface area (Å²) in [5, 5.41) is 0. The molecular formula is C11H22N4O2. The molecule has 0 aliphatic carbocycles. The first-order chi connectivity index (χ1) is 7.60. The second-order valence-corrected chi connectivity index (χ2v) is 5.29. The summed E-state index contributed by atoms with van der Waals surface area (Å²) in [6.07, 6.45) is -0.435. The number of hydrogen-bond acceptors (Lipinski definition) is 4. The molecule has 0 aromatic rings. The molecule has 0 spiro atoms. The van der Waals surface area contributed by atoms with Crippen molar-refractivity contribution in [3.05, 3.63) is 5.53 Å². The first kappa shape index (κ1) is 15.8. The molecule has 0 bridgehead atoms. The maximum atomic E-state index is 11.9. The summed E-state index contributed by atoms with van der Waals surface area (Å²) in [7, 11) is 7.17. The summed E-state index contributed by atoms with van der Waals surface area (Å²) in [5.41, 5.74) is 8.35. The largest absolute Gasteiger partial charge is 0.451 e. The van der Waals surface area contributed by atoms with Gasteiger partial charge < -0.3 is 10.3 Å². The lowest BCUT2D eigenvalue weighted by atomic mass is 10.2. The number of carbonyl (C=O) groups excluding carboxylic acids is 1. The van der Waals surface area contributed by atoms with Gasteiger partial charge in [0.05, 0.1) is 0 Å². The Kier molecular flexibility index (Phi) is 5.48. The van der Waals surface area contributed by atoms with Crippen molar-refractivity contribution in [3.8, 4) is 0 Å². The van der Waals surface area contributed by atoms with E-state index in [0.29, 0.717) is 0 Å². The Hall–Kier alpha value is -1.23. The van der Waals surface area contributed by atoms with Crippen molar-refractivity contribution >= 4 is 11.7 Å². The number of rotatable bonds is 4. The second-order valence-electron chi connectivity index (χ2n) is 5.29. The van der Waals surface area contributed by atoms with Gasteiger partial charge in [-0.2, -0.15) is 4.79 Å². The highest BCUT2D eigenvalue weighted by Crippen LogP contribution is 2.09. The summed E-state index contributed by atoms with van der Waals surface area (Å²) in [5.74, 6) is -0.618.